The Morgan fingerprint density at radius 2 is 1.83 bits per heavy atom. The van der Waals surface area contributed by atoms with Crippen LogP contribution in [0.1, 0.15) is 22.8 Å². The van der Waals surface area contributed by atoms with Crippen LogP contribution >= 0.6 is 0 Å². The highest BCUT2D eigenvalue weighted by Gasteiger charge is 2.14. The van der Waals surface area contributed by atoms with Crippen LogP contribution < -0.4 is 10.2 Å². The molecule has 148 valence electrons. The Balaban J connectivity index is 1.66. The standard InChI is InChI=1S/C24H20N4O2/c1-16(17-9-11-19(30-2)12-10-17)27-28-24(29)21-14-23(18-6-5-13-25-15-18)26-22-8-4-3-7-20(21)22/h3-15H,1-2H3,(H,28,29)/b27-16-. The van der Waals surface area contributed by atoms with E-state index in [1.807, 2.05) is 67.6 Å². The molecule has 2 aromatic heterocycles. The van der Waals surface area contributed by atoms with Crippen molar-refractivity contribution in [3.05, 3.63) is 90.3 Å². The average molecular weight is 396 g/mol. The van der Waals surface area contributed by atoms with Crippen molar-refractivity contribution in [1.82, 2.24) is 15.4 Å². The van der Waals surface area contributed by atoms with Crippen LogP contribution in [0.5, 0.6) is 5.75 Å². The van der Waals surface area contributed by atoms with Crippen LogP contribution in [-0.4, -0.2) is 28.7 Å². The number of para-hydroxylation sites is 1. The van der Waals surface area contributed by atoms with Gasteiger partial charge in [-0.1, -0.05) is 18.2 Å². The van der Waals surface area contributed by atoms with E-state index in [4.69, 9.17) is 4.74 Å². The first-order chi connectivity index (χ1) is 14.7. The number of benzene rings is 2. The molecule has 4 aromatic rings. The van der Waals surface area contributed by atoms with Gasteiger partial charge in [0.2, 0.25) is 0 Å². The molecule has 0 fully saturated rings. The zero-order valence-corrected chi connectivity index (χ0v) is 16.7. The van der Waals surface area contributed by atoms with Gasteiger partial charge in [-0.3, -0.25) is 9.78 Å². The van der Waals surface area contributed by atoms with E-state index in [1.54, 1.807) is 25.6 Å². The lowest BCUT2D eigenvalue weighted by Crippen LogP contribution is -2.20. The van der Waals surface area contributed by atoms with Crippen molar-refractivity contribution in [2.75, 3.05) is 7.11 Å². The number of hydrazone groups is 1. The second-order valence-corrected chi connectivity index (χ2v) is 6.68. The van der Waals surface area contributed by atoms with Crippen molar-refractivity contribution < 1.29 is 9.53 Å². The smallest absolute Gasteiger partial charge is 0.272 e. The topological polar surface area (TPSA) is 76.5 Å². The lowest BCUT2D eigenvalue weighted by Gasteiger charge is -2.09. The molecule has 0 spiro atoms. The van der Waals surface area contributed by atoms with E-state index in [0.29, 0.717) is 17.0 Å². The summed E-state index contributed by atoms with van der Waals surface area (Å²) >= 11 is 0. The number of pyridine rings is 2. The molecule has 6 heteroatoms. The summed E-state index contributed by atoms with van der Waals surface area (Å²) in [6.45, 7) is 1.84. The minimum atomic E-state index is -0.299. The molecule has 1 N–H and O–H groups in total. The number of carbonyl (C=O) groups is 1. The fourth-order valence-electron chi connectivity index (χ4n) is 3.12. The van der Waals surface area contributed by atoms with Crippen LogP contribution in [0.3, 0.4) is 0 Å². The molecule has 1 amide bonds. The van der Waals surface area contributed by atoms with Crippen molar-refractivity contribution in [2.45, 2.75) is 6.92 Å². The highest BCUT2D eigenvalue weighted by molar-refractivity contribution is 6.08. The van der Waals surface area contributed by atoms with E-state index >= 15 is 0 Å². The quantitative estimate of drug-likeness (QED) is 0.399. The van der Waals surface area contributed by atoms with Gasteiger partial charge in [-0.25, -0.2) is 10.4 Å². The van der Waals surface area contributed by atoms with Crippen LogP contribution in [0.2, 0.25) is 0 Å². The second-order valence-electron chi connectivity index (χ2n) is 6.68. The van der Waals surface area contributed by atoms with Crippen LogP contribution in [0, 0.1) is 0 Å². The summed E-state index contributed by atoms with van der Waals surface area (Å²) in [4.78, 5) is 21.8. The van der Waals surface area contributed by atoms with Gasteiger partial charge in [0, 0.05) is 23.3 Å². The van der Waals surface area contributed by atoms with E-state index in [1.165, 1.54) is 0 Å². The molecule has 0 atom stereocenters. The number of hydrogen-bond acceptors (Lipinski definition) is 5. The molecule has 4 rings (SSSR count). The van der Waals surface area contributed by atoms with E-state index in [0.717, 1.165) is 27.8 Å². The van der Waals surface area contributed by atoms with Crippen LogP contribution in [0.25, 0.3) is 22.2 Å². The SMILES string of the molecule is COc1ccc(/C(C)=N\NC(=O)c2cc(-c3cccnc3)nc3ccccc23)cc1. The van der Waals surface area contributed by atoms with Gasteiger partial charge in [0.05, 0.1) is 29.6 Å². The Morgan fingerprint density at radius 3 is 2.57 bits per heavy atom. The number of nitrogens with one attached hydrogen (secondary N) is 1. The number of aromatic nitrogens is 2. The molecule has 0 bridgehead atoms. The van der Waals surface area contributed by atoms with Gasteiger partial charge in [0.15, 0.2) is 0 Å². The highest BCUT2D eigenvalue weighted by Crippen LogP contribution is 2.24. The number of hydrogen-bond donors (Lipinski definition) is 1. The third kappa shape index (κ3) is 4.03. The molecule has 0 unspecified atom stereocenters. The first-order valence-electron chi connectivity index (χ1n) is 9.45. The summed E-state index contributed by atoms with van der Waals surface area (Å²) in [6.07, 6.45) is 3.43. The van der Waals surface area contributed by atoms with Gasteiger partial charge >= 0.3 is 0 Å². The van der Waals surface area contributed by atoms with Crippen LogP contribution in [-0.2, 0) is 0 Å². The summed E-state index contributed by atoms with van der Waals surface area (Å²) in [6, 6.07) is 20.6. The molecule has 30 heavy (non-hydrogen) atoms. The Bertz CT molecular complexity index is 1220. The van der Waals surface area contributed by atoms with Crippen molar-refractivity contribution >= 4 is 22.5 Å². The number of rotatable bonds is 5. The second kappa shape index (κ2) is 8.53. The lowest BCUT2D eigenvalue weighted by molar-refractivity contribution is 0.0956. The Hall–Kier alpha value is -4.06. The maximum absolute atomic E-state index is 13.0. The normalized spacial score (nSPS) is 11.3. The minimum Gasteiger partial charge on any atom is -0.497 e. The Labute approximate surface area is 174 Å². The Kier molecular flexibility index (Phi) is 5.48. The summed E-state index contributed by atoms with van der Waals surface area (Å²) < 4.78 is 5.17. The summed E-state index contributed by atoms with van der Waals surface area (Å²) in [7, 11) is 1.62. The third-order valence-corrected chi connectivity index (χ3v) is 4.75. The van der Waals surface area contributed by atoms with E-state index in [9.17, 15) is 4.79 Å². The largest absolute Gasteiger partial charge is 0.497 e. The first kappa shape index (κ1) is 19.3. The van der Waals surface area contributed by atoms with Crippen LogP contribution in [0.4, 0.5) is 0 Å². The molecular formula is C24H20N4O2. The zero-order chi connectivity index (χ0) is 20.9. The molecular weight excluding hydrogens is 376 g/mol. The molecule has 0 aliphatic carbocycles. The van der Waals surface area contributed by atoms with Gasteiger partial charge in [0.1, 0.15) is 5.75 Å². The molecule has 2 heterocycles. The average Bonchev–Trinajstić information content (AvgIpc) is 2.82. The fourth-order valence-corrected chi connectivity index (χ4v) is 3.12. The molecule has 0 saturated carbocycles. The van der Waals surface area contributed by atoms with Crippen molar-refractivity contribution in [3.63, 3.8) is 0 Å². The number of nitrogens with zero attached hydrogens (tertiary/aromatic N) is 3. The van der Waals surface area contributed by atoms with Crippen molar-refractivity contribution in [2.24, 2.45) is 5.10 Å². The molecule has 0 radical (unpaired) electrons. The fraction of sp³-hybridized carbons (Fsp3) is 0.0833. The number of methoxy groups -OCH3 is 1. The van der Waals surface area contributed by atoms with Gasteiger partial charge < -0.3 is 4.74 Å². The number of amides is 1. The predicted octanol–water partition coefficient (Wildman–Crippen LogP) is 4.46. The van der Waals surface area contributed by atoms with Gasteiger partial charge in [-0.2, -0.15) is 5.10 Å². The highest BCUT2D eigenvalue weighted by atomic mass is 16.5. The molecule has 0 aliphatic heterocycles. The van der Waals surface area contributed by atoms with E-state index < -0.39 is 0 Å². The summed E-state index contributed by atoms with van der Waals surface area (Å²) in [5.41, 5.74) is 7.02. The number of ether oxygens (including phenoxy) is 1. The first-order valence-corrected chi connectivity index (χ1v) is 9.45. The number of fused-ring (bicyclic) bond motifs is 1. The molecule has 0 aliphatic rings. The summed E-state index contributed by atoms with van der Waals surface area (Å²) in [5, 5.41) is 5.04. The monoisotopic (exact) mass is 396 g/mol. The maximum atomic E-state index is 13.0. The van der Waals surface area contributed by atoms with Gasteiger partial charge in [-0.05, 0) is 61.0 Å². The summed E-state index contributed by atoms with van der Waals surface area (Å²) in [5.74, 6) is 0.466. The zero-order valence-electron chi connectivity index (χ0n) is 16.7. The maximum Gasteiger partial charge on any atom is 0.272 e. The van der Waals surface area contributed by atoms with Crippen molar-refractivity contribution in [1.29, 1.82) is 0 Å². The van der Waals surface area contributed by atoms with E-state index in [-0.39, 0.29) is 5.91 Å². The third-order valence-electron chi connectivity index (χ3n) is 4.75. The van der Waals surface area contributed by atoms with E-state index in [2.05, 4.69) is 20.5 Å². The van der Waals surface area contributed by atoms with Gasteiger partial charge in [0.25, 0.3) is 5.91 Å². The number of carbonyl (C=O) groups excluding carboxylic acids is 1. The minimum absolute atomic E-state index is 0.299. The lowest BCUT2D eigenvalue weighted by atomic mass is 10.0. The Morgan fingerprint density at radius 1 is 1.03 bits per heavy atom. The van der Waals surface area contributed by atoms with Crippen LogP contribution in [0.15, 0.2) is 84.2 Å². The van der Waals surface area contributed by atoms with Gasteiger partial charge in [-0.15, -0.1) is 0 Å². The predicted molar refractivity (Wildman–Crippen MR) is 118 cm³/mol. The molecule has 6 nitrogen and oxygen atoms in total. The molecule has 0 saturated heterocycles. The molecule has 2 aromatic carbocycles. The van der Waals surface area contributed by atoms with Crippen molar-refractivity contribution in [3.8, 4) is 17.0 Å².